The van der Waals surface area contributed by atoms with Gasteiger partial charge in [-0.3, -0.25) is 9.59 Å². The summed E-state index contributed by atoms with van der Waals surface area (Å²) < 4.78 is 0. The van der Waals surface area contributed by atoms with Crippen LogP contribution in [-0.4, -0.2) is 24.0 Å². The zero-order valence-electron chi connectivity index (χ0n) is 6.33. The fraction of sp³-hybridized carbons (Fsp3) is 0.429. The number of hydrogen-bond acceptors (Lipinski definition) is 3. The van der Waals surface area contributed by atoms with Crippen LogP contribution < -0.4 is 5.32 Å². The van der Waals surface area contributed by atoms with Crippen molar-refractivity contribution in [3.63, 3.8) is 0 Å². The average Bonchev–Trinajstić information content (AvgIpc) is 1.97. The Morgan fingerprint density at radius 2 is 2.09 bits per heavy atom. The monoisotopic (exact) mass is 173 g/mol. The van der Waals surface area contributed by atoms with E-state index in [9.17, 15) is 9.59 Å². The van der Waals surface area contributed by atoms with Crippen molar-refractivity contribution in [1.82, 2.24) is 5.32 Å². The maximum atomic E-state index is 10.7. The molecule has 62 valence electrons. The Morgan fingerprint density at radius 3 is 2.55 bits per heavy atom. The van der Waals surface area contributed by atoms with Gasteiger partial charge in [-0.15, -0.1) is 0 Å². The maximum absolute atomic E-state index is 10.7. The highest BCUT2D eigenvalue weighted by Crippen LogP contribution is 1.76. The van der Waals surface area contributed by atoms with Crippen molar-refractivity contribution >= 4 is 24.3 Å². The molecule has 0 heterocycles. The molecule has 0 aromatic rings. The van der Waals surface area contributed by atoms with E-state index in [-0.39, 0.29) is 11.7 Å². The topological polar surface area (TPSA) is 46.2 Å². The summed E-state index contributed by atoms with van der Waals surface area (Å²) >= 11 is 3.90. The fourth-order valence-electron chi connectivity index (χ4n) is 0.431. The quantitative estimate of drug-likeness (QED) is 0.470. The van der Waals surface area contributed by atoms with Crippen molar-refractivity contribution in [1.29, 1.82) is 0 Å². The van der Waals surface area contributed by atoms with Crippen molar-refractivity contribution in [2.45, 2.75) is 6.92 Å². The Labute approximate surface area is 71.3 Å². The summed E-state index contributed by atoms with van der Waals surface area (Å²) in [6, 6.07) is 0. The smallest absolute Gasteiger partial charge is 0.244 e. The number of carbonyl (C=O) groups is 2. The van der Waals surface area contributed by atoms with E-state index >= 15 is 0 Å². The van der Waals surface area contributed by atoms with Gasteiger partial charge in [-0.1, -0.05) is 0 Å². The molecular formula is C7H11NO2S. The van der Waals surface area contributed by atoms with Crippen LogP contribution in [0.5, 0.6) is 0 Å². The van der Waals surface area contributed by atoms with Crippen molar-refractivity contribution in [2.75, 3.05) is 12.3 Å². The second kappa shape index (κ2) is 5.97. The molecule has 11 heavy (non-hydrogen) atoms. The molecule has 0 saturated carbocycles. The Hall–Kier alpha value is -0.770. The summed E-state index contributed by atoms with van der Waals surface area (Å²) in [6.07, 6.45) is 2.44. The standard InChI is InChI=1S/C7H11NO2S/c1-6(9)2-3-7(10)8-4-5-11/h2-3,11H,4-5H2,1H3,(H,8,10)/b3-2-. The largest absolute Gasteiger partial charge is 0.352 e. The highest BCUT2D eigenvalue weighted by Gasteiger charge is 1.92. The zero-order valence-corrected chi connectivity index (χ0v) is 7.23. The molecule has 1 amide bonds. The van der Waals surface area contributed by atoms with Gasteiger partial charge in [-0.05, 0) is 13.0 Å². The Bertz CT molecular complexity index is 177. The van der Waals surface area contributed by atoms with Gasteiger partial charge in [0.1, 0.15) is 0 Å². The van der Waals surface area contributed by atoms with Crippen LogP contribution in [0.2, 0.25) is 0 Å². The first-order valence-electron chi connectivity index (χ1n) is 3.24. The molecule has 0 bridgehead atoms. The minimum atomic E-state index is -0.255. The first kappa shape index (κ1) is 10.2. The van der Waals surface area contributed by atoms with Gasteiger partial charge in [0.25, 0.3) is 0 Å². The first-order chi connectivity index (χ1) is 5.16. The normalized spacial score (nSPS) is 10.0. The molecule has 3 nitrogen and oxygen atoms in total. The van der Waals surface area contributed by atoms with E-state index in [1.165, 1.54) is 19.1 Å². The molecule has 0 rings (SSSR count). The Morgan fingerprint density at radius 1 is 1.45 bits per heavy atom. The number of thiol groups is 1. The second-order valence-corrected chi connectivity index (χ2v) is 2.41. The van der Waals surface area contributed by atoms with Crippen LogP contribution >= 0.6 is 12.6 Å². The predicted molar refractivity (Wildman–Crippen MR) is 46.7 cm³/mol. The van der Waals surface area contributed by atoms with E-state index < -0.39 is 0 Å². The molecule has 0 fully saturated rings. The Kier molecular flexibility index (Phi) is 5.56. The lowest BCUT2D eigenvalue weighted by Crippen LogP contribution is -2.23. The summed E-state index contributed by atoms with van der Waals surface area (Å²) in [6.45, 7) is 1.91. The Balaban J connectivity index is 3.60. The van der Waals surface area contributed by atoms with E-state index in [1.54, 1.807) is 0 Å². The summed E-state index contributed by atoms with van der Waals surface area (Å²) in [4.78, 5) is 21.1. The van der Waals surface area contributed by atoms with Gasteiger partial charge >= 0.3 is 0 Å². The van der Waals surface area contributed by atoms with Gasteiger partial charge in [-0.2, -0.15) is 12.6 Å². The van der Waals surface area contributed by atoms with Crippen molar-refractivity contribution in [3.8, 4) is 0 Å². The van der Waals surface area contributed by atoms with E-state index in [4.69, 9.17) is 0 Å². The first-order valence-corrected chi connectivity index (χ1v) is 3.87. The number of rotatable bonds is 4. The number of carbonyl (C=O) groups excluding carboxylic acids is 2. The number of amides is 1. The molecule has 0 aliphatic carbocycles. The van der Waals surface area contributed by atoms with Gasteiger partial charge in [0.05, 0.1) is 0 Å². The molecule has 0 spiro atoms. The van der Waals surface area contributed by atoms with Crippen molar-refractivity contribution in [3.05, 3.63) is 12.2 Å². The molecule has 4 heteroatoms. The van der Waals surface area contributed by atoms with E-state index in [0.29, 0.717) is 12.3 Å². The molecule has 0 saturated heterocycles. The van der Waals surface area contributed by atoms with E-state index in [2.05, 4.69) is 17.9 Å². The summed E-state index contributed by atoms with van der Waals surface area (Å²) in [5.41, 5.74) is 0. The van der Waals surface area contributed by atoms with Crippen LogP contribution in [-0.2, 0) is 9.59 Å². The minimum Gasteiger partial charge on any atom is -0.352 e. The summed E-state index contributed by atoms with van der Waals surface area (Å²) in [5, 5.41) is 2.53. The average molecular weight is 173 g/mol. The SMILES string of the molecule is CC(=O)/C=C\C(=O)NCCS. The van der Waals surface area contributed by atoms with Crippen LogP contribution in [0.15, 0.2) is 12.2 Å². The van der Waals surface area contributed by atoms with Crippen LogP contribution in [0.4, 0.5) is 0 Å². The molecule has 0 aliphatic heterocycles. The summed E-state index contributed by atoms with van der Waals surface area (Å²) in [5.74, 6) is 0.208. The molecule has 0 aromatic carbocycles. The van der Waals surface area contributed by atoms with Crippen LogP contribution in [0.3, 0.4) is 0 Å². The van der Waals surface area contributed by atoms with Gasteiger partial charge in [0, 0.05) is 18.4 Å². The molecule has 0 radical (unpaired) electrons. The predicted octanol–water partition coefficient (Wildman–Crippen LogP) is 0.178. The molecule has 0 aliphatic rings. The van der Waals surface area contributed by atoms with Crippen molar-refractivity contribution < 1.29 is 9.59 Å². The molecular weight excluding hydrogens is 162 g/mol. The van der Waals surface area contributed by atoms with Crippen LogP contribution in [0, 0.1) is 0 Å². The zero-order chi connectivity index (χ0) is 8.69. The number of hydrogen-bond donors (Lipinski definition) is 2. The van der Waals surface area contributed by atoms with Crippen LogP contribution in [0.25, 0.3) is 0 Å². The lowest BCUT2D eigenvalue weighted by atomic mass is 10.4. The van der Waals surface area contributed by atoms with Gasteiger partial charge < -0.3 is 5.32 Å². The number of ketones is 1. The van der Waals surface area contributed by atoms with E-state index in [0.717, 1.165) is 0 Å². The fourth-order valence-corrected chi connectivity index (χ4v) is 0.543. The van der Waals surface area contributed by atoms with Gasteiger partial charge in [-0.25, -0.2) is 0 Å². The lowest BCUT2D eigenvalue weighted by Gasteiger charge is -1.95. The second-order valence-electron chi connectivity index (χ2n) is 1.96. The third-order valence-corrected chi connectivity index (χ3v) is 1.10. The third kappa shape index (κ3) is 7.12. The third-order valence-electron chi connectivity index (χ3n) is 0.880. The maximum Gasteiger partial charge on any atom is 0.244 e. The highest BCUT2D eigenvalue weighted by molar-refractivity contribution is 7.80. The van der Waals surface area contributed by atoms with Gasteiger partial charge in [0.2, 0.25) is 5.91 Å². The van der Waals surface area contributed by atoms with Crippen LogP contribution in [0.1, 0.15) is 6.92 Å². The number of nitrogens with one attached hydrogen (secondary N) is 1. The van der Waals surface area contributed by atoms with Gasteiger partial charge in [0.15, 0.2) is 5.78 Å². The summed E-state index contributed by atoms with van der Waals surface area (Å²) in [7, 11) is 0. The number of allylic oxidation sites excluding steroid dienone is 1. The highest BCUT2D eigenvalue weighted by atomic mass is 32.1. The lowest BCUT2D eigenvalue weighted by molar-refractivity contribution is -0.117. The van der Waals surface area contributed by atoms with Crippen molar-refractivity contribution in [2.24, 2.45) is 0 Å². The molecule has 0 unspecified atom stereocenters. The van der Waals surface area contributed by atoms with E-state index in [1.807, 2.05) is 0 Å². The molecule has 1 N–H and O–H groups in total. The molecule has 0 aromatic heterocycles. The minimum absolute atomic E-state index is 0.133. The molecule has 0 atom stereocenters.